The Morgan fingerprint density at radius 1 is 1.12 bits per heavy atom. The maximum absolute atomic E-state index is 14.2. The molecule has 0 unspecified atom stereocenters. The number of nitrogens with zero attached hydrogens (tertiary/aromatic N) is 3. The summed E-state index contributed by atoms with van der Waals surface area (Å²) in [6, 6.07) is 18.7. The summed E-state index contributed by atoms with van der Waals surface area (Å²) in [4.78, 5) is 18.5. The van der Waals surface area contributed by atoms with E-state index < -0.39 is 0 Å². The fourth-order valence-corrected chi connectivity index (χ4v) is 5.73. The summed E-state index contributed by atoms with van der Waals surface area (Å²) in [6.45, 7) is 3.24. The SMILES string of the molecule is N#Cc1ccc(CN2CCC3(CC2)CN(C(=O)Cc2cccs2)c2ccc(F)cc23)cc1. The maximum Gasteiger partial charge on any atom is 0.232 e. The fraction of sp³-hybridized carbons (Fsp3) is 0.308. The standard InChI is InChI=1S/C26H24FN3OS/c27-21-7-8-24-23(14-21)26(18-30(24)25(31)15-22-2-1-13-32-22)9-11-29(12-10-26)17-20-5-3-19(16-28)4-6-20/h1-8,13-14H,9-12,15,17-18H2. The molecular formula is C26H24FN3OS. The molecule has 2 aromatic carbocycles. The molecule has 32 heavy (non-hydrogen) atoms. The van der Waals surface area contributed by atoms with Crippen molar-refractivity contribution in [2.75, 3.05) is 24.5 Å². The van der Waals surface area contributed by atoms with Gasteiger partial charge in [-0.25, -0.2) is 4.39 Å². The van der Waals surface area contributed by atoms with Gasteiger partial charge in [0.25, 0.3) is 0 Å². The van der Waals surface area contributed by atoms with Crippen molar-refractivity contribution in [3.63, 3.8) is 0 Å². The Hall–Kier alpha value is -3.01. The number of nitriles is 1. The van der Waals surface area contributed by atoms with Crippen molar-refractivity contribution >= 4 is 22.9 Å². The second kappa shape index (κ2) is 8.50. The molecule has 0 atom stereocenters. The van der Waals surface area contributed by atoms with Crippen LogP contribution in [0.2, 0.25) is 0 Å². The second-order valence-corrected chi connectivity index (χ2v) is 9.79. The van der Waals surface area contributed by atoms with Crippen LogP contribution in [-0.4, -0.2) is 30.4 Å². The number of amides is 1. The molecule has 2 aliphatic heterocycles. The number of thiophene rings is 1. The molecule has 5 rings (SSSR count). The van der Waals surface area contributed by atoms with E-state index in [2.05, 4.69) is 11.0 Å². The van der Waals surface area contributed by atoms with Crippen molar-refractivity contribution in [3.8, 4) is 6.07 Å². The van der Waals surface area contributed by atoms with Gasteiger partial charge in [-0.15, -0.1) is 11.3 Å². The minimum atomic E-state index is -0.240. The molecule has 1 fully saturated rings. The monoisotopic (exact) mass is 445 g/mol. The highest BCUT2D eigenvalue weighted by atomic mass is 32.1. The van der Waals surface area contributed by atoms with Crippen LogP contribution < -0.4 is 4.90 Å². The van der Waals surface area contributed by atoms with Gasteiger partial charge in [0.15, 0.2) is 0 Å². The predicted octanol–water partition coefficient (Wildman–Crippen LogP) is 4.88. The van der Waals surface area contributed by atoms with Crippen molar-refractivity contribution in [2.45, 2.75) is 31.2 Å². The number of fused-ring (bicyclic) bond motifs is 2. The maximum atomic E-state index is 14.2. The zero-order valence-corrected chi connectivity index (χ0v) is 18.6. The number of carbonyl (C=O) groups is 1. The highest BCUT2D eigenvalue weighted by molar-refractivity contribution is 7.10. The van der Waals surface area contributed by atoms with Crippen LogP contribution in [0.3, 0.4) is 0 Å². The van der Waals surface area contributed by atoms with E-state index in [0.29, 0.717) is 18.5 Å². The summed E-state index contributed by atoms with van der Waals surface area (Å²) >= 11 is 1.59. The number of likely N-dealkylation sites (tertiary alicyclic amines) is 1. The largest absolute Gasteiger partial charge is 0.311 e. The summed E-state index contributed by atoms with van der Waals surface area (Å²) in [7, 11) is 0. The van der Waals surface area contributed by atoms with Crippen LogP contribution in [0, 0.1) is 17.1 Å². The number of hydrogen-bond acceptors (Lipinski definition) is 4. The number of rotatable bonds is 4. The van der Waals surface area contributed by atoms with Crippen LogP contribution >= 0.6 is 11.3 Å². The lowest BCUT2D eigenvalue weighted by Gasteiger charge is -2.40. The molecule has 0 N–H and O–H groups in total. The summed E-state index contributed by atoms with van der Waals surface area (Å²) in [5, 5.41) is 11.0. The molecule has 1 saturated heterocycles. The first-order valence-electron chi connectivity index (χ1n) is 10.9. The van der Waals surface area contributed by atoms with E-state index in [4.69, 9.17) is 5.26 Å². The van der Waals surface area contributed by atoms with Gasteiger partial charge in [-0.2, -0.15) is 5.26 Å². The summed E-state index contributed by atoms with van der Waals surface area (Å²) in [5.74, 6) is -0.159. The fourth-order valence-electron chi connectivity index (χ4n) is 5.03. The Bertz CT molecular complexity index is 1160. The Morgan fingerprint density at radius 3 is 2.59 bits per heavy atom. The van der Waals surface area contributed by atoms with Crippen molar-refractivity contribution < 1.29 is 9.18 Å². The molecule has 4 nitrogen and oxygen atoms in total. The minimum Gasteiger partial charge on any atom is -0.311 e. The zero-order valence-electron chi connectivity index (χ0n) is 17.8. The average Bonchev–Trinajstić information content (AvgIpc) is 3.42. The summed E-state index contributed by atoms with van der Waals surface area (Å²) in [6.07, 6.45) is 2.17. The molecule has 0 radical (unpaired) electrons. The molecular weight excluding hydrogens is 421 g/mol. The third kappa shape index (κ3) is 3.94. The molecule has 3 aromatic rings. The molecule has 0 aliphatic carbocycles. The third-order valence-electron chi connectivity index (χ3n) is 6.79. The number of benzene rings is 2. The van der Waals surface area contributed by atoms with E-state index in [9.17, 15) is 9.18 Å². The number of anilines is 1. The van der Waals surface area contributed by atoms with Crippen LogP contribution in [0.15, 0.2) is 60.0 Å². The quantitative estimate of drug-likeness (QED) is 0.575. The lowest BCUT2D eigenvalue weighted by Crippen LogP contribution is -2.46. The molecule has 6 heteroatoms. The first kappa shape index (κ1) is 20.9. The number of hydrogen-bond donors (Lipinski definition) is 0. The summed E-state index contributed by atoms with van der Waals surface area (Å²) in [5.41, 5.74) is 3.52. The second-order valence-electron chi connectivity index (χ2n) is 8.76. The number of piperidine rings is 1. The van der Waals surface area contributed by atoms with Gasteiger partial charge < -0.3 is 4.90 Å². The smallest absolute Gasteiger partial charge is 0.232 e. The van der Waals surface area contributed by atoms with Gasteiger partial charge in [0.05, 0.1) is 18.1 Å². The van der Waals surface area contributed by atoms with Crippen molar-refractivity contribution in [2.24, 2.45) is 0 Å². The molecule has 2 aliphatic rings. The van der Waals surface area contributed by atoms with Gasteiger partial charge in [0.1, 0.15) is 5.82 Å². The molecule has 0 saturated carbocycles. The first-order valence-corrected chi connectivity index (χ1v) is 11.8. The molecule has 1 spiro atoms. The van der Waals surface area contributed by atoms with E-state index in [1.807, 2.05) is 46.7 Å². The Balaban J connectivity index is 1.32. The van der Waals surface area contributed by atoms with Gasteiger partial charge in [-0.05, 0) is 78.8 Å². The molecule has 1 aromatic heterocycles. The van der Waals surface area contributed by atoms with Gasteiger partial charge >= 0.3 is 0 Å². The van der Waals surface area contributed by atoms with E-state index in [1.165, 1.54) is 11.6 Å². The number of halogens is 1. The highest BCUT2D eigenvalue weighted by Crippen LogP contribution is 2.47. The molecule has 1 amide bonds. The van der Waals surface area contributed by atoms with Crippen LogP contribution in [0.4, 0.5) is 10.1 Å². The van der Waals surface area contributed by atoms with Crippen LogP contribution in [0.1, 0.15) is 34.4 Å². The van der Waals surface area contributed by atoms with Crippen LogP contribution in [0.5, 0.6) is 0 Å². The van der Waals surface area contributed by atoms with Gasteiger partial charge in [-0.3, -0.25) is 9.69 Å². The van der Waals surface area contributed by atoms with E-state index in [-0.39, 0.29) is 17.1 Å². The average molecular weight is 446 g/mol. The number of carbonyl (C=O) groups excluding carboxylic acids is 1. The first-order chi connectivity index (χ1) is 15.6. The topological polar surface area (TPSA) is 47.3 Å². The molecule has 162 valence electrons. The van der Waals surface area contributed by atoms with Gasteiger partial charge in [0, 0.05) is 29.1 Å². The van der Waals surface area contributed by atoms with Crippen molar-refractivity contribution in [3.05, 3.63) is 87.4 Å². The van der Waals surface area contributed by atoms with Crippen molar-refractivity contribution in [1.29, 1.82) is 5.26 Å². The van der Waals surface area contributed by atoms with E-state index in [1.54, 1.807) is 23.5 Å². The lowest BCUT2D eigenvalue weighted by molar-refractivity contribution is -0.118. The van der Waals surface area contributed by atoms with Crippen LogP contribution in [-0.2, 0) is 23.2 Å². The van der Waals surface area contributed by atoms with Crippen LogP contribution in [0.25, 0.3) is 0 Å². The van der Waals surface area contributed by atoms with E-state index in [0.717, 1.165) is 48.6 Å². The minimum absolute atomic E-state index is 0.0807. The van der Waals surface area contributed by atoms with Gasteiger partial charge in [0.2, 0.25) is 5.91 Å². The van der Waals surface area contributed by atoms with E-state index >= 15 is 0 Å². The lowest BCUT2D eigenvalue weighted by atomic mass is 9.74. The Labute approximate surface area is 191 Å². The molecule has 0 bridgehead atoms. The Morgan fingerprint density at radius 2 is 1.91 bits per heavy atom. The van der Waals surface area contributed by atoms with Crippen molar-refractivity contribution in [1.82, 2.24) is 4.90 Å². The third-order valence-corrected chi connectivity index (χ3v) is 7.67. The Kier molecular flexibility index (Phi) is 5.54. The normalized spacial score (nSPS) is 17.3. The molecule has 3 heterocycles. The predicted molar refractivity (Wildman–Crippen MR) is 124 cm³/mol. The summed E-state index contributed by atoms with van der Waals surface area (Å²) < 4.78 is 14.2. The van der Waals surface area contributed by atoms with Gasteiger partial charge in [-0.1, -0.05) is 18.2 Å². The highest BCUT2D eigenvalue weighted by Gasteiger charge is 2.46. The zero-order chi connectivity index (χ0) is 22.1.